The van der Waals surface area contributed by atoms with Gasteiger partial charge in [-0.15, -0.1) is 0 Å². The minimum atomic E-state index is -0.611. The van der Waals surface area contributed by atoms with Crippen LogP contribution in [0.25, 0.3) is 0 Å². The number of aryl methyl sites for hydroxylation is 1. The zero-order valence-electron chi connectivity index (χ0n) is 13.3. The number of hydrogen-bond acceptors (Lipinski definition) is 3. The highest BCUT2D eigenvalue weighted by atomic mass is 16.3. The van der Waals surface area contributed by atoms with E-state index in [0.717, 1.165) is 16.8 Å². The number of carbonyl (C=O) groups excluding carboxylic acids is 1. The fourth-order valence-electron chi connectivity index (χ4n) is 2.50. The van der Waals surface area contributed by atoms with Crippen LogP contribution < -0.4 is 5.32 Å². The molecule has 0 saturated heterocycles. The predicted octanol–water partition coefficient (Wildman–Crippen LogP) is 2.48. The molecule has 0 spiro atoms. The molecule has 2 rings (SSSR count). The number of amides is 1. The van der Waals surface area contributed by atoms with Crippen LogP contribution in [0.5, 0.6) is 0 Å². The maximum atomic E-state index is 12.6. The molecule has 4 nitrogen and oxygen atoms in total. The molecule has 1 aromatic carbocycles. The lowest BCUT2D eigenvalue weighted by Crippen LogP contribution is -2.40. The average Bonchev–Trinajstić information content (AvgIpc) is 2.53. The third-order valence-electron chi connectivity index (χ3n) is 3.84. The molecule has 0 aliphatic carbocycles. The standard InChI is InChI=1S/C18H22N2O2/c1-13-7-4-5-10-16(13)18(2,3)17(22)19-11-14-8-6-9-15(12-21)20-14/h4-10,21H,11-12H2,1-3H3,(H,19,22). The van der Waals surface area contributed by atoms with Crippen LogP contribution in [0, 0.1) is 6.92 Å². The molecule has 1 aromatic heterocycles. The molecule has 2 N–H and O–H groups in total. The van der Waals surface area contributed by atoms with Gasteiger partial charge in [0.05, 0.1) is 30.0 Å². The van der Waals surface area contributed by atoms with Crippen molar-refractivity contribution in [2.24, 2.45) is 0 Å². The Morgan fingerprint density at radius 1 is 1.14 bits per heavy atom. The van der Waals surface area contributed by atoms with Gasteiger partial charge in [-0.3, -0.25) is 9.78 Å². The Hall–Kier alpha value is -2.20. The summed E-state index contributed by atoms with van der Waals surface area (Å²) < 4.78 is 0. The molecule has 0 unspecified atom stereocenters. The van der Waals surface area contributed by atoms with E-state index in [9.17, 15) is 4.79 Å². The Bertz CT molecular complexity index is 666. The van der Waals surface area contributed by atoms with Crippen LogP contribution in [0.15, 0.2) is 42.5 Å². The fraction of sp³-hybridized carbons (Fsp3) is 0.333. The molecule has 0 radical (unpaired) electrons. The smallest absolute Gasteiger partial charge is 0.230 e. The van der Waals surface area contributed by atoms with Gasteiger partial charge in [0.25, 0.3) is 0 Å². The first-order valence-electron chi connectivity index (χ1n) is 7.35. The van der Waals surface area contributed by atoms with Gasteiger partial charge in [-0.1, -0.05) is 30.3 Å². The summed E-state index contributed by atoms with van der Waals surface area (Å²) in [5.74, 6) is -0.0435. The van der Waals surface area contributed by atoms with Gasteiger partial charge in [-0.2, -0.15) is 0 Å². The van der Waals surface area contributed by atoms with Gasteiger partial charge in [-0.25, -0.2) is 0 Å². The van der Waals surface area contributed by atoms with Gasteiger partial charge in [-0.05, 0) is 44.0 Å². The minimum Gasteiger partial charge on any atom is -0.390 e. The molecule has 116 valence electrons. The highest BCUT2D eigenvalue weighted by molar-refractivity contribution is 5.87. The number of nitrogens with one attached hydrogen (secondary N) is 1. The lowest BCUT2D eigenvalue weighted by molar-refractivity contribution is -0.125. The molecular weight excluding hydrogens is 276 g/mol. The van der Waals surface area contributed by atoms with E-state index in [-0.39, 0.29) is 12.5 Å². The summed E-state index contributed by atoms with van der Waals surface area (Å²) in [6.07, 6.45) is 0. The molecule has 2 aromatic rings. The van der Waals surface area contributed by atoms with E-state index in [4.69, 9.17) is 5.11 Å². The monoisotopic (exact) mass is 298 g/mol. The first-order valence-corrected chi connectivity index (χ1v) is 7.35. The quantitative estimate of drug-likeness (QED) is 0.891. The van der Waals surface area contributed by atoms with E-state index in [0.29, 0.717) is 12.2 Å². The van der Waals surface area contributed by atoms with Crippen LogP contribution in [0.2, 0.25) is 0 Å². The lowest BCUT2D eigenvalue weighted by Gasteiger charge is -2.26. The van der Waals surface area contributed by atoms with Gasteiger partial charge in [0, 0.05) is 0 Å². The third kappa shape index (κ3) is 3.52. The van der Waals surface area contributed by atoms with E-state index in [1.54, 1.807) is 6.07 Å². The Kier molecular flexibility index (Phi) is 4.93. The molecule has 4 heteroatoms. The van der Waals surface area contributed by atoms with Gasteiger partial charge < -0.3 is 10.4 Å². The Morgan fingerprint density at radius 2 is 1.82 bits per heavy atom. The van der Waals surface area contributed by atoms with Crippen molar-refractivity contribution in [1.82, 2.24) is 10.3 Å². The molecule has 0 fully saturated rings. The van der Waals surface area contributed by atoms with Crippen LogP contribution in [-0.2, 0) is 23.4 Å². The molecular formula is C18H22N2O2. The SMILES string of the molecule is Cc1ccccc1C(C)(C)C(=O)NCc1cccc(CO)n1. The van der Waals surface area contributed by atoms with E-state index >= 15 is 0 Å². The molecule has 22 heavy (non-hydrogen) atoms. The van der Waals surface area contributed by atoms with Crippen molar-refractivity contribution < 1.29 is 9.90 Å². The van der Waals surface area contributed by atoms with Crippen molar-refractivity contribution in [3.63, 3.8) is 0 Å². The molecule has 0 aliphatic heterocycles. The third-order valence-corrected chi connectivity index (χ3v) is 3.84. The normalized spacial score (nSPS) is 11.3. The number of pyridine rings is 1. The van der Waals surface area contributed by atoms with Gasteiger partial charge in [0.2, 0.25) is 5.91 Å². The summed E-state index contributed by atoms with van der Waals surface area (Å²) in [5, 5.41) is 12.0. The minimum absolute atomic E-state index is 0.0435. The predicted molar refractivity (Wildman–Crippen MR) is 86.2 cm³/mol. The summed E-state index contributed by atoms with van der Waals surface area (Å²) in [6.45, 7) is 6.10. The van der Waals surface area contributed by atoms with Crippen LogP contribution >= 0.6 is 0 Å². The second-order valence-electron chi connectivity index (χ2n) is 5.90. The van der Waals surface area contributed by atoms with Crippen LogP contribution in [0.4, 0.5) is 0 Å². The maximum absolute atomic E-state index is 12.6. The number of rotatable bonds is 5. The van der Waals surface area contributed by atoms with Crippen LogP contribution in [0.1, 0.15) is 36.4 Å². The number of aliphatic hydroxyl groups excluding tert-OH is 1. The first-order chi connectivity index (χ1) is 10.4. The highest BCUT2D eigenvalue weighted by Gasteiger charge is 2.30. The molecule has 1 heterocycles. The van der Waals surface area contributed by atoms with Crippen molar-refractivity contribution in [2.45, 2.75) is 39.3 Å². The second kappa shape index (κ2) is 6.71. The number of carbonyl (C=O) groups is 1. The topological polar surface area (TPSA) is 62.2 Å². The van der Waals surface area contributed by atoms with Crippen molar-refractivity contribution >= 4 is 5.91 Å². The zero-order valence-corrected chi connectivity index (χ0v) is 13.3. The van der Waals surface area contributed by atoms with Crippen LogP contribution in [0.3, 0.4) is 0 Å². The number of aromatic nitrogens is 1. The van der Waals surface area contributed by atoms with Crippen molar-refractivity contribution in [3.8, 4) is 0 Å². The van der Waals surface area contributed by atoms with Gasteiger partial charge in [0.15, 0.2) is 0 Å². The maximum Gasteiger partial charge on any atom is 0.230 e. The second-order valence-corrected chi connectivity index (χ2v) is 5.90. The van der Waals surface area contributed by atoms with E-state index in [1.807, 2.05) is 57.2 Å². The summed E-state index contributed by atoms with van der Waals surface area (Å²) >= 11 is 0. The molecule has 0 saturated carbocycles. The fourth-order valence-corrected chi connectivity index (χ4v) is 2.50. The number of nitrogens with zero attached hydrogens (tertiary/aromatic N) is 1. The number of aliphatic hydroxyl groups is 1. The Morgan fingerprint density at radius 3 is 2.50 bits per heavy atom. The highest BCUT2D eigenvalue weighted by Crippen LogP contribution is 2.26. The van der Waals surface area contributed by atoms with Crippen molar-refractivity contribution in [1.29, 1.82) is 0 Å². The Balaban J connectivity index is 2.09. The van der Waals surface area contributed by atoms with Gasteiger partial charge >= 0.3 is 0 Å². The first kappa shape index (κ1) is 16.2. The summed E-state index contributed by atoms with van der Waals surface area (Å²) in [7, 11) is 0. The Labute approximate surface area is 131 Å². The summed E-state index contributed by atoms with van der Waals surface area (Å²) in [5.41, 5.74) is 2.85. The lowest BCUT2D eigenvalue weighted by atomic mass is 9.81. The molecule has 0 atom stereocenters. The van der Waals surface area contributed by atoms with Crippen molar-refractivity contribution in [2.75, 3.05) is 0 Å². The largest absolute Gasteiger partial charge is 0.390 e. The van der Waals surface area contributed by atoms with E-state index in [2.05, 4.69) is 10.3 Å². The zero-order chi connectivity index (χ0) is 16.2. The molecule has 1 amide bonds. The number of hydrogen-bond donors (Lipinski definition) is 2. The van der Waals surface area contributed by atoms with Gasteiger partial charge in [0.1, 0.15) is 0 Å². The average molecular weight is 298 g/mol. The number of benzene rings is 1. The molecule has 0 aliphatic rings. The van der Waals surface area contributed by atoms with E-state index in [1.165, 1.54) is 0 Å². The van der Waals surface area contributed by atoms with E-state index < -0.39 is 5.41 Å². The summed E-state index contributed by atoms with van der Waals surface area (Å²) in [6, 6.07) is 13.3. The summed E-state index contributed by atoms with van der Waals surface area (Å²) in [4.78, 5) is 16.8. The molecule has 0 bridgehead atoms. The van der Waals surface area contributed by atoms with Crippen molar-refractivity contribution in [3.05, 3.63) is 65.0 Å². The van der Waals surface area contributed by atoms with Crippen LogP contribution in [-0.4, -0.2) is 16.0 Å².